The molecule has 2 aromatic heterocycles. The molecule has 2 rings (SSSR count). The van der Waals surface area contributed by atoms with E-state index in [9.17, 15) is 4.79 Å². The summed E-state index contributed by atoms with van der Waals surface area (Å²) in [4.78, 5) is 12.0. The molecule has 0 N–H and O–H groups in total. The number of aryl methyl sites for hydroxylation is 1. The van der Waals surface area contributed by atoms with E-state index in [2.05, 4.69) is 5.10 Å². The number of hydrogen-bond acceptors (Lipinski definition) is 4. The lowest BCUT2D eigenvalue weighted by molar-refractivity contribution is 0.0524. The van der Waals surface area contributed by atoms with Gasteiger partial charge in [0.15, 0.2) is 0 Å². The largest absolute Gasteiger partial charge is 0.476 e. The van der Waals surface area contributed by atoms with Gasteiger partial charge in [-0.1, -0.05) is 0 Å². The number of aromatic nitrogens is 2. The lowest BCUT2D eigenvalue weighted by Gasteiger charge is -2.03. The summed E-state index contributed by atoms with van der Waals surface area (Å²) in [5.41, 5.74) is 2.15. The van der Waals surface area contributed by atoms with Crippen molar-refractivity contribution < 1.29 is 14.3 Å². The highest BCUT2D eigenvalue weighted by molar-refractivity contribution is 5.99. The molecule has 0 amide bonds. The zero-order chi connectivity index (χ0) is 13.1. The zero-order valence-corrected chi connectivity index (χ0v) is 10.8. The minimum atomic E-state index is -0.401. The third kappa shape index (κ3) is 2.16. The molecule has 2 heterocycles. The monoisotopic (exact) mass is 248 g/mol. The Balaban J connectivity index is 2.60. The van der Waals surface area contributed by atoms with Gasteiger partial charge < -0.3 is 9.47 Å². The van der Waals surface area contributed by atoms with Crippen LogP contribution in [0.1, 0.15) is 29.8 Å². The molecule has 0 aliphatic carbocycles. The van der Waals surface area contributed by atoms with Crippen LogP contribution in [-0.4, -0.2) is 28.8 Å². The van der Waals surface area contributed by atoms with Crippen molar-refractivity contribution in [3.8, 4) is 5.88 Å². The summed E-state index contributed by atoms with van der Waals surface area (Å²) < 4.78 is 12.1. The fraction of sp³-hybridized carbons (Fsp3) is 0.385. The number of carbonyl (C=O) groups excluding carboxylic acids is 1. The molecule has 96 valence electrons. The van der Waals surface area contributed by atoms with Crippen LogP contribution in [0.2, 0.25) is 0 Å². The van der Waals surface area contributed by atoms with Gasteiger partial charge in [0.2, 0.25) is 5.88 Å². The maximum Gasteiger partial charge on any atom is 0.345 e. The van der Waals surface area contributed by atoms with Crippen LogP contribution < -0.4 is 4.74 Å². The van der Waals surface area contributed by atoms with Crippen LogP contribution in [0.3, 0.4) is 0 Å². The Morgan fingerprint density at radius 2 is 2.17 bits per heavy atom. The van der Waals surface area contributed by atoms with E-state index in [0.29, 0.717) is 30.2 Å². The van der Waals surface area contributed by atoms with Crippen LogP contribution in [0.25, 0.3) is 5.52 Å². The Hall–Kier alpha value is -2.04. The average Bonchev–Trinajstić information content (AvgIpc) is 2.67. The van der Waals surface area contributed by atoms with Gasteiger partial charge in [0.1, 0.15) is 5.56 Å². The molecule has 5 heteroatoms. The second-order valence-electron chi connectivity index (χ2n) is 3.87. The molecule has 2 aromatic rings. The van der Waals surface area contributed by atoms with E-state index in [1.165, 1.54) is 0 Å². The number of pyridine rings is 1. The molecule has 0 unspecified atom stereocenters. The third-order valence-corrected chi connectivity index (χ3v) is 2.52. The van der Waals surface area contributed by atoms with Crippen molar-refractivity contribution in [2.45, 2.75) is 20.8 Å². The van der Waals surface area contributed by atoms with Gasteiger partial charge in [0.05, 0.1) is 18.7 Å². The van der Waals surface area contributed by atoms with E-state index >= 15 is 0 Å². The number of rotatable bonds is 4. The van der Waals surface area contributed by atoms with Gasteiger partial charge in [-0.2, -0.15) is 0 Å². The van der Waals surface area contributed by atoms with E-state index in [4.69, 9.17) is 9.47 Å². The lowest BCUT2D eigenvalue weighted by atomic mass is 10.2. The van der Waals surface area contributed by atoms with Gasteiger partial charge in [-0.15, -0.1) is 5.10 Å². The summed E-state index contributed by atoms with van der Waals surface area (Å²) in [5.74, 6) is -0.0805. The fourth-order valence-electron chi connectivity index (χ4n) is 1.76. The molecular weight excluding hydrogens is 232 g/mol. The molecule has 0 radical (unpaired) electrons. The van der Waals surface area contributed by atoms with Crippen LogP contribution in [0.4, 0.5) is 0 Å². The SMILES string of the molecule is CCOC(=O)c1c(OCC)nn2ccc(C)cc12. The fourth-order valence-corrected chi connectivity index (χ4v) is 1.76. The predicted molar refractivity (Wildman–Crippen MR) is 67.1 cm³/mol. The van der Waals surface area contributed by atoms with Crippen molar-refractivity contribution in [3.05, 3.63) is 29.5 Å². The maximum absolute atomic E-state index is 12.0. The Kier molecular flexibility index (Phi) is 3.50. The van der Waals surface area contributed by atoms with Crippen LogP contribution in [-0.2, 0) is 4.74 Å². The molecule has 0 spiro atoms. The van der Waals surface area contributed by atoms with E-state index in [-0.39, 0.29) is 0 Å². The van der Waals surface area contributed by atoms with Crippen molar-refractivity contribution in [1.29, 1.82) is 0 Å². The number of nitrogens with zero attached hydrogens (tertiary/aromatic N) is 2. The quantitative estimate of drug-likeness (QED) is 0.778. The van der Waals surface area contributed by atoms with Crippen molar-refractivity contribution in [3.63, 3.8) is 0 Å². The highest BCUT2D eigenvalue weighted by Gasteiger charge is 2.22. The van der Waals surface area contributed by atoms with Crippen molar-refractivity contribution in [2.24, 2.45) is 0 Å². The number of carbonyl (C=O) groups is 1. The Bertz CT molecular complexity index is 575. The molecule has 0 aliphatic heterocycles. The second kappa shape index (κ2) is 5.08. The Morgan fingerprint density at radius 1 is 1.39 bits per heavy atom. The summed E-state index contributed by atoms with van der Waals surface area (Å²) >= 11 is 0. The zero-order valence-electron chi connectivity index (χ0n) is 10.8. The molecule has 0 aromatic carbocycles. The smallest absolute Gasteiger partial charge is 0.345 e. The average molecular weight is 248 g/mol. The first-order valence-corrected chi connectivity index (χ1v) is 5.96. The molecule has 0 fully saturated rings. The molecule has 5 nitrogen and oxygen atoms in total. The number of hydrogen-bond donors (Lipinski definition) is 0. The minimum Gasteiger partial charge on any atom is -0.476 e. The first-order valence-electron chi connectivity index (χ1n) is 5.96. The molecule has 0 atom stereocenters. The van der Waals surface area contributed by atoms with Crippen molar-refractivity contribution in [1.82, 2.24) is 9.61 Å². The first-order chi connectivity index (χ1) is 8.67. The normalized spacial score (nSPS) is 10.6. The topological polar surface area (TPSA) is 52.8 Å². The summed E-state index contributed by atoms with van der Waals surface area (Å²) in [6.07, 6.45) is 1.80. The van der Waals surface area contributed by atoms with Crippen molar-refractivity contribution in [2.75, 3.05) is 13.2 Å². The standard InChI is InChI=1S/C13H16N2O3/c1-4-17-12-11(13(16)18-5-2)10-8-9(3)6-7-15(10)14-12/h6-8H,4-5H2,1-3H3. The highest BCUT2D eigenvalue weighted by Crippen LogP contribution is 2.24. The highest BCUT2D eigenvalue weighted by atomic mass is 16.5. The lowest BCUT2D eigenvalue weighted by Crippen LogP contribution is -2.07. The summed E-state index contributed by atoms with van der Waals surface area (Å²) in [7, 11) is 0. The van der Waals surface area contributed by atoms with Gasteiger partial charge in [-0.05, 0) is 38.5 Å². The van der Waals surface area contributed by atoms with E-state index in [1.807, 2.05) is 26.0 Å². The number of esters is 1. The van der Waals surface area contributed by atoms with Crippen LogP contribution in [0.5, 0.6) is 5.88 Å². The van der Waals surface area contributed by atoms with E-state index < -0.39 is 5.97 Å². The van der Waals surface area contributed by atoms with Crippen LogP contribution in [0, 0.1) is 6.92 Å². The Labute approximate surface area is 105 Å². The molecule has 0 saturated carbocycles. The number of ether oxygens (including phenoxy) is 2. The van der Waals surface area contributed by atoms with Gasteiger partial charge in [-0.25, -0.2) is 9.31 Å². The second-order valence-corrected chi connectivity index (χ2v) is 3.87. The van der Waals surface area contributed by atoms with Gasteiger partial charge >= 0.3 is 5.97 Å². The summed E-state index contributed by atoms with van der Waals surface area (Å²) in [5, 5.41) is 4.24. The summed E-state index contributed by atoms with van der Waals surface area (Å²) in [6, 6.07) is 3.81. The molecule has 0 saturated heterocycles. The minimum absolute atomic E-state index is 0.321. The van der Waals surface area contributed by atoms with Crippen LogP contribution >= 0.6 is 0 Å². The summed E-state index contributed by atoms with van der Waals surface area (Å²) in [6.45, 7) is 6.37. The maximum atomic E-state index is 12.0. The van der Waals surface area contributed by atoms with Gasteiger partial charge in [-0.3, -0.25) is 0 Å². The van der Waals surface area contributed by atoms with Crippen LogP contribution in [0.15, 0.2) is 18.3 Å². The third-order valence-electron chi connectivity index (χ3n) is 2.52. The van der Waals surface area contributed by atoms with E-state index in [1.54, 1.807) is 17.6 Å². The van der Waals surface area contributed by atoms with E-state index in [0.717, 1.165) is 5.56 Å². The molecule has 0 bridgehead atoms. The number of fused-ring (bicyclic) bond motifs is 1. The van der Waals surface area contributed by atoms with Gasteiger partial charge in [0.25, 0.3) is 0 Å². The first kappa shape index (κ1) is 12.4. The predicted octanol–water partition coefficient (Wildman–Crippen LogP) is 2.22. The molecule has 18 heavy (non-hydrogen) atoms. The molecule has 0 aliphatic rings. The van der Waals surface area contributed by atoms with Gasteiger partial charge in [0, 0.05) is 6.20 Å². The molecular formula is C13H16N2O3. The van der Waals surface area contributed by atoms with Crippen molar-refractivity contribution >= 4 is 11.5 Å². The Morgan fingerprint density at radius 3 is 2.83 bits per heavy atom.